The predicted octanol–water partition coefficient (Wildman–Crippen LogP) is 1.26. The number of nitrogens with zero attached hydrogens (tertiary/aromatic N) is 2. The smallest absolute Gasteiger partial charge is 0.368 e. The normalized spacial score (nSPS) is 10.1. The molecule has 2 rings (SSSR count). The third-order valence-corrected chi connectivity index (χ3v) is 2.01. The zero-order valence-corrected chi connectivity index (χ0v) is 8.73. The van der Waals surface area contributed by atoms with Crippen molar-refractivity contribution < 1.29 is 9.53 Å². The molecule has 0 spiro atoms. The number of nitrogens with two attached hydrogens (primary N) is 1. The Labute approximate surface area is 95.4 Å². The second kappa shape index (κ2) is 4.19. The van der Waals surface area contributed by atoms with Gasteiger partial charge >= 0.3 is 5.97 Å². The molecule has 0 aliphatic heterocycles. The second-order valence-corrected chi connectivity index (χ2v) is 3.34. The van der Waals surface area contributed by atoms with Crippen molar-refractivity contribution in [3.63, 3.8) is 0 Å². The molecular weight excluding hydrogens is 232 g/mol. The molecule has 16 heavy (non-hydrogen) atoms. The van der Waals surface area contributed by atoms with Crippen LogP contribution in [0, 0.1) is 0 Å². The molecule has 0 aliphatic rings. The summed E-state index contributed by atoms with van der Waals surface area (Å²) in [5, 5.41) is 9.77. The third-order valence-electron chi connectivity index (χ3n) is 1.77. The lowest BCUT2D eigenvalue weighted by atomic mass is 10.3. The van der Waals surface area contributed by atoms with Crippen LogP contribution in [0.5, 0.6) is 5.75 Å². The van der Waals surface area contributed by atoms with Gasteiger partial charge in [0, 0.05) is 5.02 Å². The van der Waals surface area contributed by atoms with Crippen molar-refractivity contribution in [2.24, 2.45) is 0 Å². The van der Waals surface area contributed by atoms with Crippen molar-refractivity contribution in [3.8, 4) is 5.75 Å². The quantitative estimate of drug-likeness (QED) is 0.607. The third kappa shape index (κ3) is 2.12. The zero-order chi connectivity index (χ0) is 11.5. The van der Waals surface area contributed by atoms with Crippen LogP contribution in [-0.4, -0.2) is 21.4 Å². The van der Waals surface area contributed by atoms with E-state index in [1.807, 2.05) is 0 Å². The molecule has 0 radical (unpaired) electrons. The van der Waals surface area contributed by atoms with Gasteiger partial charge in [0.2, 0.25) is 5.69 Å². The number of aromatic amines is 1. The lowest BCUT2D eigenvalue weighted by Crippen LogP contribution is -2.11. The molecule has 0 saturated heterocycles. The van der Waals surface area contributed by atoms with Crippen molar-refractivity contribution in [2.45, 2.75) is 0 Å². The van der Waals surface area contributed by atoms with Crippen LogP contribution in [0.3, 0.4) is 0 Å². The van der Waals surface area contributed by atoms with Crippen LogP contribution in [-0.2, 0) is 0 Å². The van der Waals surface area contributed by atoms with Gasteiger partial charge in [0.05, 0.1) is 0 Å². The molecular formula is C9H7ClN4O2. The Hall–Kier alpha value is -2.08. The van der Waals surface area contributed by atoms with Gasteiger partial charge in [-0.1, -0.05) is 17.7 Å². The van der Waals surface area contributed by atoms with Crippen molar-refractivity contribution in [1.82, 2.24) is 15.4 Å². The highest BCUT2D eigenvalue weighted by molar-refractivity contribution is 6.30. The van der Waals surface area contributed by atoms with E-state index >= 15 is 0 Å². The fourth-order valence-corrected chi connectivity index (χ4v) is 1.26. The maximum absolute atomic E-state index is 11.5. The van der Waals surface area contributed by atoms with Crippen LogP contribution in [0.4, 0.5) is 5.82 Å². The number of halogens is 1. The van der Waals surface area contributed by atoms with Crippen molar-refractivity contribution in [1.29, 1.82) is 0 Å². The lowest BCUT2D eigenvalue weighted by Gasteiger charge is -2.02. The first kappa shape index (κ1) is 10.4. The number of carbonyl (C=O) groups is 1. The number of esters is 1. The number of aromatic nitrogens is 3. The van der Waals surface area contributed by atoms with Crippen LogP contribution in [0.25, 0.3) is 0 Å². The fraction of sp³-hybridized carbons (Fsp3) is 0. The van der Waals surface area contributed by atoms with Crippen LogP contribution in [0.1, 0.15) is 10.5 Å². The van der Waals surface area contributed by atoms with Gasteiger partial charge < -0.3 is 10.5 Å². The number of nitrogens with one attached hydrogen (secondary N) is 1. The summed E-state index contributed by atoms with van der Waals surface area (Å²) >= 11 is 5.73. The summed E-state index contributed by atoms with van der Waals surface area (Å²) in [4.78, 5) is 11.5. The van der Waals surface area contributed by atoms with E-state index in [0.717, 1.165) is 0 Å². The summed E-state index contributed by atoms with van der Waals surface area (Å²) in [6.07, 6.45) is 0. The number of carbonyl (C=O) groups excluding carboxylic acids is 1. The van der Waals surface area contributed by atoms with E-state index in [9.17, 15) is 4.79 Å². The predicted molar refractivity (Wildman–Crippen MR) is 57.2 cm³/mol. The largest absolute Gasteiger partial charge is 0.422 e. The molecule has 0 saturated carbocycles. The number of anilines is 1. The Bertz CT molecular complexity index is 526. The summed E-state index contributed by atoms with van der Waals surface area (Å²) < 4.78 is 4.99. The number of hydrogen-bond acceptors (Lipinski definition) is 5. The Morgan fingerprint density at radius 3 is 2.88 bits per heavy atom. The minimum atomic E-state index is -0.687. The fourth-order valence-electron chi connectivity index (χ4n) is 1.08. The first-order valence-corrected chi connectivity index (χ1v) is 4.68. The minimum absolute atomic E-state index is 0.00738. The number of ether oxygens (including phenoxy) is 1. The maximum Gasteiger partial charge on any atom is 0.368 e. The Morgan fingerprint density at radius 1 is 1.44 bits per heavy atom. The van der Waals surface area contributed by atoms with Gasteiger partial charge in [-0.3, -0.25) is 0 Å². The zero-order valence-electron chi connectivity index (χ0n) is 7.98. The van der Waals surface area contributed by atoms with E-state index in [1.165, 1.54) is 6.07 Å². The van der Waals surface area contributed by atoms with E-state index in [2.05, 4.69) is 15.4 Å². The highest BCUT2D eigenvalue weighted by Crippen LogP contribution is 2.18. The molecule has 3 N–H and O–H groups in total. The molecule has 1 aromatic carbocycles. The minimum Gasteiger partial charge on any atom is -0.422 e. The Balaban J connectivity index is 2.17. The topological polar surface area (TPSA) is 93.9 Å². The summed E-state index contributed by atoms with van der Waals surface area (Å²) in [6.45, 7) is 0. The molecule has 6 nitrogen and oxygen atoms in total. The summed E-state index contributed by atoms with van der Waals surface area (Å²) in [5.74, 6) is -0.375. The van der Waals surface area contributed by atoms with E-state index in [1.54, 1.807) is 18.2 Å². The number of benzene rings is 1. The summed E-state index contributed by atoms with van der Waals surface area (Å²) in [7, 11) is 0. The molecule has 1 heterocycles. The van der Waals surface area contributed by atoms with Crippen molar-refractivity contribution in [3.05, 3.63) is 35.0 Å². The summed E-state index contributed by atoms with van der Waals surface area (Å²) in [5.41, 5.74) is 5.34. The van der Waals surface area contributed by atoms with Gasteiger partial charge in [-0.2, -0.15) is 5.21 Å². The average molecular weight is 239 g/mol. The van der Waals surface area contributed by atoms with Gasteiger partial charge in [0.25, 0.3) is 0 Å². The molecule has 0 unspecified atom stereocenters. The molecule has 82 valence electrons. The Morgan fingerprint density at radius 2 is 2.25 bits per heavy atom. The Kier molecular flexibility index (Phi) is 2.74. The van der Waals surface area contributed by atoms with Crippen LogP contribution >= 0.6 is 11.6 Å². The SMILES string of the molecule is Nc1n[nH]nc1C(=O)Oc1cccc(Cl)c1. The van der Waals surface area contributed by atoms with E-state index in [-0.39, 0.29) is 11.5 Å². The second-order valence-electron chi connectivity index (χ2n) is 2.90. The monoisotopic (exact) mass is 238 g/mol. The highest BCUT2D eigenvalue weighted by atomic mass is 35.5. The molecule has 0 atom stereocenters. The van der Waals surface area contributed by atoms with Crippen molar-refractivity contribution >= 4 is 23.4 Å². The van der Waals surface area contributed by atoms with Crippen molar-refractivity contribution in [2.75, 3.05) is 5.73 Å². The summed E-state index contributed by atoms with van der Waals surface area (Å²) in [6, 6.07) is 6.44. The number of rotatable bonds is 2. The van der Waals surface area contributed by atoms with Gasteiger partial charge in [-0.15, -0.1) is 10.2 Å². The number of H-pyrrole nitrogens is 1. The standard InChI is InChI=1S/C9H7ClN4O2/c10-5-2-1-3-6(4-5)16-9(15)7-8(11)13-14-12-7/h1-4H,(H3,11,12,13,14). The molecule has 0 bridgehead atoms. The molecule has 7 heteroatoms. The van der Waals surface area contributed by atoms with Crippen LogP contribution in [0.2, 0.25) is 5.02 Å². The first-order valence-electron chi connectivity index (χ1n) is 4.31. The van der Waals surface area contributed by atoms with E-state index < -0.39 is 5.97 Å². The molecule has 1 aromatic heterocycles. The van der Waals surface area contributed by atoms with Gasteiger partial charge in [0.1, 0.15) is 5.75 Å². The van der Waals surface area contributed by atoms with E-state index in [4.69, 9.17) is 22.1 Å². The lowest BCUT2D eigenvalue weighted by molar-refractivity contribution is 0.0729. The average Bonchev–Trinajstić information content (AvgIpc) is 2.64. The number of hydrogen-bond donors (Lipinski definition) is 2. The van der Waals surface area contributed by atoms with E-state index in [0.29, 0.717) is 10.8 Å². The first-order chi connectivity index (χ1) is 7.66. The van der Waals surface area contributed by atoms with Crippen LogP contribution in [0.15, 0.2) is 24.3 Å². The number of nitrogen functional groups attached to an aromatic ring is 1. The van der Waals surface area contributed by atoms with Gasteiger partial charge in [0.15, 0.2) is 5.82 Å². The van der Waals surface area contributed by atoms with Gasteiger partial charge in [-0.05, 0) is 18.2 Å². The van der Waals surface area contributed by atoms with Gasteiger partial charge in [-0.25, -0.2) is 4.79 Å². The molecule has 0 fully saturated rings. The highest BCUT2D eigenvalue weighted by Gasteiger charge is 2.16. The van der Waals surface area contributed by atoms with Crippen LogP contribution < -0.4 is 10.5 Å². The molecule has 2 aromatic rings. The molecule has 0 aliphatic carbocycles. The maximum atomic E-state index is 11.5. The molecule has 0 amide bonds.